The number of nitrogens with one attached hydrogen (secondary N) is 2. The molecule has 31 heavy (non-hydrogen) atoms. The minimum Gasteiger partial charge on any atom is -0.345 e. The molecule has 0 unspecified atom stereocenters. The Morgan fingerprint density at radius 3 is 2.52 bits per heavy atom. The van der Waals surface area contributed by atoms with E-state index in [0.717, 1.165) is 17.7 Å². The Morgan fingerprint density at radius 1 is 1.06 bits per heavy atom. The molecule has 0 fully saturated rings. The summed E-state index contributed by atoms with van der Waals surface area (Å²) in [6, 6.07) is 15.3. The normalized spacial score (nSPS) is 10.7. The Morgan fingerprint density at radius 2 is 1.84 bits per heavy atom. The number of nitrogens with zero attached hydrogens (tertiary/aromatic N) is 3. The van der Waals surface area contributed by atoms with Gasteiger partial charge in [-0.1, -0.05) is 48.5 Å². The van der Waals surface area contributed by atoms with Gasteiger partial charge < -0.3 is 15.2 Å². The summed E-state index contributed by atoms with van der Waals surface area (Å²) in [4.78, 5) is 24.7. The fourth-order valence-electron chi connectivity index (χ4n) is 3.07. The Labute approximate surface area is 186 Å². The average molecular weight is 438 g/mol. The Bertz CT molecular complexity index is 1050. The van der Waals surface area contributed by atoms with Crippen LogP contribution in [-0.4, -0.2) is 32.3 Å². The van der Waals surface area contributed by atoms with Crippen molar-refractivity contribution in [2.75, 3.05) is 11.1 Å². The molecule has 3 aromatic rings. The SMILES string of the molecule is CCc1ccc(NC(=O)CSc2nnc(CNC(=O)c3cccc(C)c3)n2CC)cc1. The lowest BCUT2D eigenvalue weighted by molar-refractivity contribution is -0.113. The number of amides is 2. The van der Waals surface area contributed by atoms with E-state index in [9.17, 15) is 9.59 Å². The quantitative estimate of drug-likeness (QED) is 0.497. The number of hydrogen-bond donors (Lipinski definition) is 2. The van der Waals surface area contributed by atoms with Crippen molar-refractivity contribution in [2.24, 2.45) is 0 Å². The van der Waals surface area contributed by atoms with Crippen molar-refractivity contribution in [3.05, 3.63) is 71.0 Å². The van der Waals surface area contributed by atoms with Crippen LogP contribution in [0.3, 0.4) is 0 Å². The highest BCUT2D eigenvalue weighted by atomic mass is 32.2. The van der Waals surface area contributed by atoms with Crippen molar-refractivity contribution < 1.29 is 9.59 Å². The van der Waals surface area contributed by atoms with Crippen LogP contribution in [0.4, 0.5) is 5.69 Å². The van der Waals surface area contributed by atoms with Gasteiger partial charge in [0.1, 0.15) is 0 Å². The van der Waals surface area contributed by atoms with Crippen molar-refractivity contribution in [3.8, 4) is 0 Å². The molecule has 0 aliphatic rings. The average Bonchev–Trinajstić information content (AvgIpc) is 3.18. The zero-order valence-corrected chi connectivity index (χ0v) is 18.8. The van der Waals surface area contributed by atoms with Gasteiger partial charge in [0.2, 0.25) is 5.91 Å². The van der Waals surface area contributed by atoms with Gasteiger partial charge in [0.05, 0.1) is 12.3 Å². The monoisotopic (exact) mass is 437 g/mol. The largest absolute Gasteiger partial charge is 0.345 e. The maximum Gasteiger partial charge on any atom is 0.251 e. The summed E-state index contributed by atoms with van der Waals surface area (Å²) in [6.07, 6.45) is 0.963. The lowest BCUT2D eigenvalue weighted by atomic mass is 10.1. The fraction of sp³-hybridized carbons (Fsp3) is 0.304. The molecule has 2 N–H and O–H groups in total. The first kappa shape index (κ1) is 22.6. The van der Waals surface area contributed by atoms with E-state index in [0.29, 0.717) is 23.1 Å². The van der Waals surface area contributed by atoms with Gasteiger partial charge in [-0.25, -0.2) is 0 Å². The molecule has 2 aromatic carbocycles. The number of anilines is 1. The molecule has 0 aliphatic carbocycles. The molecular formula is C23H27N5O2S. The Balaban J connectivity index is 1.55. The molecule has 0 bridgehead atoms. The van der Waals surface area contributed by atoms with Gasteiger partial charge in [0, 0.05) is 17.8 Å². The van der Waals surface area contributed by atoms with Gasteiger partial charge in [0.25, 0.3) is 5.91 Å². The molecule has 7 nitrogen and oxygen atoms in total. The van der Waals surface area contributed by atoms with Crippen LogP contribution < -0.4 is 10.6 Å². The van der Waals surface area contributed by atoms with Crippen molar-refractivity contribution in [3.63, 3.8) is 0 Å². The van der Waals surface area contributed by atoms with Crippen LogP contribution in [0.15, 0.2) is 53.7 Å². The first-order chi connectivity index (χ1) is 15.0. The number of thioether (sulfide) groups is 1. The van der Waals surface area contributed by atoms with E-state index >= 15 is 0 Å². The summed E-state index contributed by atoms with van der Waals surface area (Å²) in [5, 5.41) is 14.8. The van der Waals surface area contributed by atoms with E-state index in [1.807, 2.05) is 60.9 Å². The molecule has 0 spiro atoms. The second-order valence-electron chi connectivity index (χ2n) is 7.08. The molecule has 2 amide bonds. The van der Waals surface area contributed by atoms with E-state index in [1.165, 1.54) is 17.3 Å². The second-order valence-corrected chi connectivity index (χ2v) is 8.03. The van der Waals surface area contributed by atoms with Crippen molar-refractivity contribution in [2.45, 2.75) is 45.4 Å². The van der Waals surface area contributed by atoms with E-state index in [2.05, 4.69) is 27.8 Å². The summed E-state index contributed by atoms with van der Waals surface area (Å²) in [6.45, 7) is 6.94. The molecule has 0 saturated carbocycles. The van der Waals surface area contributed by atoms with Crippen LogP contribution >= 0.6 is 11.8 Å². The second kappa shape index (κ2) is 10.8. The fourth-order valence-corrected chi connectivity index (χ4v) is 3.89. The molecule has 0 saturated heterocycles. The molecule has 162 valence electrons. The minimum atomic E-state index is -0.156. The molecular weight excluding hydrogens is 410 g/mol. The number of benzene rings is 2. The summed E-state index contributed by atoms with van der Waals surface area (Å²) >= 11 is 1.32. The predicted octanol–water partition coefficient (Wildman–Crippen LogP) is 3.83. The maximum absolute atomic E-state index is 12.4. The number of aromatic nitrogens is 3. The highest BCUT2D eigenvalue weighted by Crippen LogP contribution is 2.18. The maximum atomic E-state index is 12.4. The van der Waals surface area contributed by atoms with Crippen LogP contribution in [0.1, 0.15) is 41.2 Å². The highest BCUT2D eigenvalue weighted by molar-refractivity contribution is 7.99. The summed E-state index contributed by atoms with van der Waals surface area (Å²) < 4.78 is 1.91. The van der Waals surface area contributed by atoms with Crippen LogP contribution in [0.2, 0.25) is 0 Å². The lowest BCUT2D eigenvalue weighted by Crippen LogP contribution is -2.25. The van der Waals surface area contributed by atoms with Gasteiger partial charge in [-0.3, -0.25) is 9.59 Å². The number of carbonyl (C=O) groups excluding carboxylic acids is 2. The Kier molecular flexibility index (Phi) is 7.83. The van der Waals surface area contributed by atoms with Crippen LogP contribution in [0.25, 0.3) is 0 Å². The van der Waals surface area contributed by atoms with Gasteiger partial charge in [-0.2, -0.15) is 0 Å². The molecule has 1 aromatic heterocycles. The van der Waals surface area contributed by atoms with Gasteiger partial charge in [-0.05, 0) is 50.1 Å². The molecule has 3 rings (SSSR count). The number of aryl methyl sites for hydroxylation is 2. The molecule has 0 aliphatic heterocycles. The number of hydrogen-bond acceptors (Lipinski definition) is 5. The first-order valence-corrected chi connectivity index (χ1v) is 11.3. The Hall–Kier alpha value is -3.13. The molecule has 0 atom stereocenters. The number of rotatable bonds is 9. The third-order valence-corrected chi connectivity index (χ3v) is 5.74. The first-order valence-electron chi connectivity index (χ1n) is 10.3. The highest BCUT2D eigenvalue weighted by Gasteiger charge is 2.14. The van der Waals surface area contributed by atoms with Crippen LogP contribution in [-0.2, 0) is 24.3 Å². The minimum absolute atomic E-state index is 0.103. The lowest BCUT2D eigenvalue weighted by Gasteiger charge is -2.09. The standard InChI is InChI=1S/C23H27N5O2S/c1-4-17-9-11-19(12-10-17)25-21(29)15-31-23-27-26-20(28(23)5-2)14-24-22(30)18-8-6-7-16(3)13-18/h6-13H,4-5,14-15H2,1-3H3,(H,24,30)(H,25,29). The molecule has 0 radical (unpaired) electrons. The van der Waals surface area contributed by atoms with E-state index in [-0.39, 0.29) is 24.1 Å². The van der Waals surface area contributed by atoms with E-state index in [4.69, 9.17) is 0 Å². The van der Waals surface area contributed by atoms with Crippen LogP contribution in [0.5, 0.6) is 0 Å². The van der Waals surface area contributed by atoms with Crippen LogP contribution in [0, 0.1) is 6.92 Å². The summed E-state index contributed by atoms with van der Waals surface area (Å²) in [5.41, 5.74) is 3.65. The zero-order valence-electron chi connectivity index (χ0n) is 18.0. The van der Waals surface area contributed by atoms with Crippen molar-refractivity contribution in [1.29, 1.82) is 0 Å². The predicted molar refractivity (Wildman–Crippen MR) is 123 cm³/mol. The zero-order chi connectivity index (χ0) is 22.2. The molecule has 1 heterocycles. The van der Waals surface area contributed by atoms with E-state index < -0.39 is 0 Å². The van der Waals surface area contributed by atoms with E-state index in [1.54, 1.807) is 6.07 Å². The topological polar surface area (TPSA) is 88.9 Å². The summed E-state index contributed by atoms with van der Waals surface area (Å²) in [7, 11) is 0. The van der Waals surface area contributed by atoms with Gasteiger partial charge in [0.15, 0.2) is 11.0 Å². The third-order valence-electron chi connectivity index (χ3n) is 4.78. The van der Waals surface area contributed by atoms with Gasteiger partial charge in [-0.15, -0.1) is 10.2 Å². The molecule has 8 heteroatoms. The smallest absolute Gasteiger partial charge is 0.251 e. The third kappa shape index (κ3) is 6.18. The number of carbonyl (C=O) groups is 2. The summed E-state index contributed by atoms with van der Waals surface area (Å²) in [5.74, 6) is 0.622. The van der Waals surface area contributed by atoms with Gasteiger partial charge >= 0.3 is 0 Å². The van der Waals surface area contributed by atoms with Crippen molar-refractivity contribution in [1.82, 2.24) is 20.1 Å². The van der Waals surface area contributed by atoms with Crippen molar-refractivity contribution >= 4 is 29.3 Å².